The van der Waals surface area contributed by atoms with E-state index in [-0.39, 0.29) is 25.0 Å². The number of carbonyl (C=O) groups excluding carboxylic acids is 1. The van der Waals surface area contributed by atoms with Crippen LogP contribution in [0.2, 0.25) is 0 Å². The van der Waals surface area contributed by atoms with Gasteiger partial charge in [-0.2, -0.15) is 0 Å². The number of sulfone groups is 1. The lowest BCUT2D eigenvalue weighted by Gasteiger charge is -2.32. The summed E-state index contributed by atoms with van der Waals surface area (Å²) in [7, 11) is -0.419. The third-order valence-electron chi connectivity index (χ3n) is 6.09. The lowest BCUT2D eigenvalue weighted by molar-refractivity contribution is -0.137. The van der Waals surface area contributed by atoms with Gasteiger partial charge in [-0.1, -0.05) is 0 Å². The van der Waals surface area contributed by atoms with Crippen molar-refractivity contribution in [2.45, 2.75) is 38.0 Å². The van der Waals surface area contributed by atoms with Gasteiger partial charge in [-0.05, 0) is 62.3 Å². The molecule has 1 heterocycles. The normalized spacial score (nSPS) is 14.8. The Hall–Kier alpha value is -2.37. The molecule has 0 radical (unpaired) electrons. The number of amides is 2. The summed E-state index contributed by atoms with van der Waals surface area (Å²) in [6.45, 7) is 5.75. The highest BCUT2D eigenvalue weighted by Gasteiger charge is 2.23. The Morgan fingerprint density at radius 3 is 2.38 bits per heavy atom. The predicted octanol–water partition coefficient (Wildman–Crippen LogP) is 1.89. The van der Waals surface area contributed by atoms with E-state index in [0.29, 0.717) is 53.9 Å². The number of piperidine rings is 1. The Morgan fingerprint density at radius 2 is 1.82 bits per heavy atom. The molecule has 1 aliphatic rings. The van der Waals surface area contributed by atoms with Crippen LogP contribution in [-0.4, -0.2) is 94.8 Å². The van der Waals surface area contributed by atoms with Gasteiger partial charge in [-0.3, -0.25) is 4.79 Å². The van der Waals surface area contributed by atoms with Crippen molar-refractivity contribution in [3.05, 3.63) is 23.3 Å². The first-order valence-electron chi connectivity index (χ1n) is 11.4. The molecule has 1 aromatic rings. The van der Waals surface area contributed by atoms with Crippen LogP contribution in [0.3, 0.4) is 0 Å². The summed E-state index contributed by atoms with van der Waals surface area (Å²) in [6.07, 6.45) is 1.57. The Balaban J connectivity index is 1.65. The molecular formula is C23H37N3O7S. The SMILES string of the molecule is COc1cc(C)c(S(=O)(=O)CNCCOCC(=O)N2CCC(CCN(C)C(=O)O)CC2)c(C)c1. The van der Waals surface area contributed by atoms with Crippen LogP contribution in [0, 0.1) is 19.8 Å². The van der Waals surface area contributed by atoms with Crippen molar-refractivity contribution < 1.29 is 32.6 Å². The number of ether oxygens (including phenoxy) is 2. The van der Waals surface area contributed by atoms with Crippen LogP contribution in [0.1, 0.15) is 30.4 Å². The summed E-state index contributed by atoms with van der Waals surface area (Å²) in [6, 6.07) is 3.40. The molecular weight excluding hydrogens is 462 g/mol. The first kappa shape index (κ1) is 27.9. The molecule has 0 bridgehead atoms. The molecule has 2 rings (SSSR count). The lowest BCUT2D eigenvalue weighted by atomic mass is 9.93. The number of hydrogen-bond acceptors (Lipinski definition) is 7. The number of methoxy groups -OCH3 is 1. The maximum Gasteiger partial charge on any atom is 0.407 e. The zero-order valence-electron chi connectivity index (χ0n) is 20.5. The van der Waals surface area contributed by atoms with Crippen molar-refractivity contribution in [3.8, 4) is 5.75 Å². The van der Waals surface area contributed by atoms with E-state index in [1.54, 1.807) is 45.0 Å². The van der Waals surface area contributed by atoms with Gasteiger partial charge in [0.1, 0.15) is 18.2 Å². The van der Waals surface area contributed by atoms with Crippen LogP contribution >= 0.6 is 0 Å². The maximum atomic E-state index is 12.7. The molecule has 1 aromatic carbocycles. The fourth-order valence-electron chi connectivity index (χ4n) is 4.14. The molecule has 34 heavy (non-hydrogen) atoms. The zero-order chi connectivity index (χ0) is 25.3. The Labute approximate surface area is 202 Å². The smallest absolute Gasteiger partial charge is 0.407 e. The molecule has 0 unspecified atom stereocenters. The number of aryl methyl sites for hydroxylation is 2. The van der Waals surface area contributed by atoms with Gasteiger partial charge < -0.3 is 29.7 Å². The van der Waals surface area contributed by atoms with Gasteiger partial charge in [0.25, 0.3) is 0 Å². The number of benzene rings is 1. The standard InChI is InChI=1S/C23H37N3O7S/c1-17-13-20(32-4)14-18(2)22(17)34(30,31)16-24-8-12-33-15-21(27)26-10-6-19(7-11-26)5-9-25(3)23(28)29/h13-14,19,24H,5-12,15-16H2,1-4H3,(H,28,29). The Morgan fingerprint density at radius 1 is 1.21 bits per heavy atom. The fourth-order valence-corrected chi connectivity index (χ4v) is 5.79. The van der Waals surface area contributed by atoms with Gasteiger partial charge in [0.2, 0.25) is 5.91 Å². The molecule has 0 saturated carbocycles. The third kappa shape index (κ3) is 8.14. The van der Waals surface area contributed by atoms with Crippen LogP contribution < -0.4 is 10.1 Å². The topological polar surface area (TPSA) is 125 Å². The van der Waals surface area contributed by atoms with E-state index < -0.39 is 15.9 Å². The number of rotatable bonds is 12. The van der Waals surface area contributed by atoms with Gasteiger partial charge >= 0.3 is 6.09 Å². The van der Waals surface area contributed by atoms with Gasteiger partial charge in [-0.15, -0.1) is 0 Å². The molecule has 0 spiro atoms. The quantitative estimate of drug-likeness (QED) is 0.418. The van der Waals surface area contributed by atoms with E-state index in [2.05, 4.69) is 5.32 Å². The zero-order valence-corrected chi connectivity index (χ0v) is 21.3. The van der Waals surface area contributed by atoms with Gasteiger partial charge in [-0.25, -0.2) is 13.2 Å². The van der Waals surface area contributed by atoms with E-state index in [9.17, 15) is 18.0 Å². The summed E-state index contributed by atoms with van der Waals surface area (Å²) < 4.78 is 36.1. The molecule has 2 N–H and O–H groups in total. The number of likely N-dealkylation sites (tertiary alicyclic amines) is 1. The molecule has 1 aliphatic heterocycles. The average Bonchev–Trinajstić information content (AvgIpc) is 2.78. The predicted molar refractivity (Wildman–Crippen MR) is 128 cm³/mol. The van der Waals surface area contributed by atoms with Crippen LogP contribution in [0.4, 0.5) is 4.79 Å². The molecule has 0 aliphatic carbocycles. The fraction of sp³-hybridized carbons (Fsp3) is 0.652. The first-order chi connectivity index (χ1) is 16.0. The van der Waals surface area contributed by atoms with E-state index in [1.165, 1.54) is 4.90 Å². The third-order valence-corrected chi connectivity index (χ3v) is 7.94. The van der Waals surface area contributed by atoms with Crippen molar-refractivity contribution >= 4 is 21.8 Å². The second-order valence-corrected chi connectivity index (χ2v) is 10.6. The summed E-state index contributed by atoms with van der Waals surface area (Å²) in [5.41, 5.74) is 1.27. The van der Waals surface area contributed by atoms with Crippen LogP contribution in [0.5, 0.6) is 5.75 Å². The van der Waals surface area contributed by atoms with E-state index in [4.69, 9.17) is 14.6 Å². The molecule has 192 valence electrons. The Kier molecular flexibility index (Phi) is 10.6. The average molecular weight is 500 g/mol. The molecule has 0 atom stereocenters. The molecule has 11 heteroatoms. The number of carboxylic acid groups (broad SMARTS) is 1. The highest BCUT2D eigenvalue weighted by molar-refractivity contribution is 7.91. The van der Waals surface area contributed by atoms with E-state index >= 15 is 0 Å². The summed E-state index contributed by atoms with van der Waals surface area (Å²) in [5.74, 6) is 0.729. The molecule has 10 nitrogen and oxygen atoms in total. The largest absolute Gasteiger partial charge is 0.497 e. The summed E-state index contributed by atoms with van der Waals surface area (Å²) in [5, 5.41) is 11.8. The van der Waals surface area contributed by atoms with Crippen molar-refractivity contribution in [2.75, 3.05) is 59.4 Å². The van der Waals surface area contributed by atoms with Crippen molar-refractivity contribution in [3.63, 3.8) is 0 Å². The van der Waals surface area contributed by atoms with Gasteiger partial charge in [0.05, 0.1) is 18.6 Å². The first-order valence-corrected chi connectivity index (χ1v) is 13.1. The van der Waals surface area contributed by atoms with Crippen molar-refractivity contribution in [1.82, 2.24) is 15.1 Å². The van der Waals surface area contributed by atoms with Gasteiger partial charge in [0.15, 0.2) is 9.84 Å². The molecule has 2 amide bonds. The molecule has 1 saturated heterocycles. The second kappa shape index (κ2) is 12.9. The number of carbonyl (C=O) groups is 2. The van der Waals surface area contributed by atoms with Gasteiger partial charge in [0, 0.05) is 33.2 Å². The number of nitrogens with one attached hydrogen (secondary N) is 1. The van der Waals surface area contributed by atoms with Crippen molar-refractivity contribution in [1.29, 1.82) is 0 Å². The lowest BCUT2D eigenvalue weighted by Crippen LogP contribution is -2.41. The minimum Gasteiger partial charge on any atom is -0.497 e. The van der Waals surface area contributed by atoms with E-state index in [0.717, 1.165) is 19.3 Å². The van der Waals surface area contributed by atoms with Crippen LogP contribution in [-0.2, 0) is 19.4 Å². The molecule has 1 fully saturated rings. The minimum absolute atomic E-state index is 0.0441. The Bertz CT molecular complexity index is 921. The monoisotopic (exact) mass is 499 g/mol. The van der Waals surface area contributed by atoms with Crippen LogP contribution in [0.15, 0.2) is 17.0 Å². The van der Waals surface area contributed by atoms with Crippen LogP contribution in [0.25, 0.3) is 0 Å². The molecule has 0 aromatic heterocycles. The summed E-state index contributed by atoms with van der Waals surface area (Å²) in [4.78, 5) is 26.6. The number of nitrogens with zero attached hydrogens (tertiary/aromatic N) is 2. The summed E-state index contributed by atoms with van der Waals surface area (Å²) >= 11 is 0. The second-order valence-electron chi connectivity index (χ2n) is 8.72. The minimum atomic E-state index is -3.52. The van der Waals surface area contributed by atoms with Crippen molar-refractivity contribution in [2.24, 2.45) is 5.92 Å². The maximum absolute atomic E-state index is 12.7. The number of hydrogen-bond donors (Lipinski definition) is 2. The van der Waals surface area contributed by atoms with E-state index in [1.807, 2.05) is 0 Å². The highest BCUT2D eigenvalue weighted by atomic mass is 32.2. The highest BCUT2D eigenvalue weighted by Crippen LogP contribution is 2.26.